The number of aromatic nitrogens is 4. The number of hydrogen-bond donors (Lipinski definition) is 2. The number of aromatic amines is 1. The summed E-state index contributed by atoms with van der Waals surface area (Å²) in [4.78, 5) is 18.8. The van der Waals surface area contributed by atoms with Crippen LogP contribution in [0.2, 0.25) is 25.7 Å². The van der Waals surface area contributed by atoms with E-state index in [9.17, 15) is 13.2 Å². The summed E-state index contributed by atoms with van der Waals surface area (Å²) >= 11 is 1.52. The van der Waals surface area contributed by atoms with E-state index in [1.165, 1.54) is 16.9 Å². The first-order valence-electron chi connectivity index (χ1n) is 16.3. The third kappa shape index (κ3) is 8.34. The van der Waals surface area contributed by atoms with Crippen molar-refractivity contribution in [2.24, 2.45) is 5.41 Å². The van der Waals surface area contributed by atoms with Gasteiger partial charge in [0.15, 0.2) is 0 Å². The molecular weight excluding hydrogens is 650 g/mol. The number of nitrogens with zero attached hydrogens (tertiary/aromatic N) is 4. The van der Waals surface area contributed by atoms with Crippen molar-refractivity contribution in [3.63, 3.8) is 0 Å². The minimum Gasteiger partial charge on any atom is -0.367 e. The van der Waals surface area contributed by atoms with Crippen molar-refractivity contribution >= 4 is 36.3 Å². The first-order chi connectivity index (χ1) is 22.7. The monoisotopic (exact) mass is 692 g/mol. The molecule has 2 unspecified atom stereocenters. The third-order valence-corrected chi connectivity index (χ3v) is 11.2. The van der Waals surface area contributed by atoms with E-state index in [4.69, 9.17) is 4.74 Å². The Morgan fingerprint density at radius 3 is 2.62 bits per heavy atom. The number of H-pyrrole nitrogens is 1. The molecule has 2 N–H and O–H groups in total. The molecule has 2 atom stereocenters. The molecule has 5 aromatic rings. The molecule has 4 heterocycles. The van der Waals surface area contributed by atoms with Gasteiger partial charge in [0.1, 0.15) is 16.7 Å². The van der Waals surface area contributed by atoms with Crippen molar-refractivity contribution in [1.29, 1.82) is 0 Å². The molecule has 0 aliphatic carbocycles. The Morgan fingerprint density at radius 2 is 1.92 bits per heavy atom. The highest BCUT2D eigenvalue weighted by atomic mass is 32.1. The van der Waals surface area contributed by atoms with Crippen LogP contribution in [0.3, 0.4) is 0 Å². The van der Waals surface area contributed by atoms with E-state index >= 15 is 0 Å². The van der Waals surface area contributed by atoms with E-state index < -0.39 is 19.8 Å². The Hall–Kier alpha value is -3.58. The lowest BCUT2D eigenvalue weighted by Gasteiger charge is -2.42. The zero-order valence-corrected chi connectivity index (χ0v) is 29.9. The fourth-order valence-electron chi connectivity index (χ4n) is 6.54. The number of piperidine rings is 1. The molecule has 1 saturated heterocycles. The average Bonchev–Trinajstić information content (AvgIpc) is 3.68. The quantitative estimate of drug-likeness (QED) is 0.134. The number of benzene rings is 2. The Balaban J connectivity index is 1.29. The fourth-order valence-corrected chi connectivity index (χ4v) is 7.98. The molecule has 0 saturated carbocycles. The van der Waals surface area contributed by atoms with Gasteiger partial charge in [-0.3, -0.25) is 4.90 Å². The highest BCUT2D eigenvalue weighted by Crippen LogP contribution is 2.40. The van der Waals surface area contributed by atoms with Crippen LogP contribution < -0.4 is 5.32 Å². The summed E-state index contributed by atoms with van der Waals surface area (Å²) in [6, 6.07) is 17.0. The molecule has 0 spiro atoms. The lowest BCUT2D eigenvalue weighted by molar-refractivity contribution is -0.137. The summed E-state index contributed by atoms with van der Waals surface area (Å²) in [5.74, 6) is 0.186. The first-order valence-corrected chi connectivity index (χ1v) is 20.9. The minimum atomic E-state index is -4.63. The zero-order valence-electron chi connectivity index (χ0n) is 28.1. The van der Waals surface area contributed by atoms with Gasteiger partial charge in [0.2, 0.25) is 5.95 Å². The summed E-state index contributed by atoms with van der Waals surface area (Å²) in [6.07, 6.45) is 0.114. The van der Waals surface area contributed by atoms with Crippen molar-refractivity contribution < 1.29 is 17.9 Å². The second-order valence-electron chi connectivity index (χ2n) is 14.8. The number of alkyl halides is 3. The van der Waals surface area contributed by atoms with Crippen molar-refractivity contribution in [3.05, 3.63) is 94.2 Å². The predicted octanol–water partition coefficient (Wildman–Crippen LogP) is 9.26. The summed E-state index contributed by atoms with van der Waals surface area (Å²) in [6.45, 7) is 14.4. The zero-order chi connectivity index (χ0) is 34.1. The van der Waals surface area contributed by atoms with Crippen LogP contribution in [0.4, 0.5) is 19.1 Å². The molecule has 1 aliphatic rings. The minimum absolute atomic E-state index is 0.00285. The smallest absolute Gasteiger partial charge is 0.367 e. The molecule has 1 fully saturated rings. The number of likely N-dealkylation sites (tertiary alicyclic amines) is 1. The van der Waals surface area contributed by atoms with Gasteiger partial charge < -0.3 is 15.0 Å². The Bertz CT molecular complexity index is 1820. The van der Waals surface area contributed by atoms with Gasteiger partial charge in [-0.15, -0.1) is 11.3 Å². The molecule has 0 bridgehead atoms. The van der Waals surface area contributed by atoms with Gasteiger partial charge in [0.25, 0.3) is 0 Å². The summed E-state index contributed by atoms with van der Waals surface area (Å²) < 4.78 is 49.5. The number of fused-ring (bicyclic) bond motifs is 1. The Labute approximate surface area is 285 Å². The SMILES string of the molecule is CC1(C)CC(Nc2ncc(C(F)(F)F)c(-c3c[nH]c4cc(C(OCC[Si](C)(C)C)c5nccs5)ccc34)n2)CN(Cc2ccccc2)C1. The van der Waals surface area contributed by atoms with Crippen molar-refractivity contribution in [2.45, 2.75) is 70.8 Å². The highest BCUT2D eigenvalue weighted by Gasteiger charge is 2.37. The largest absolute Gasteiger partial charge is 0.419 e. The van der Waals surface area contributed by atoms with Crippen LogP contribution in [0, 0.1) is 5.41 Å². The molecule has 3 aromatic heterocycles. The molecule has 254 valence electrons. The lowest BCUT2D eigenvalue weighted by atomic mass is 9.81. The van der Waals surface area contributed by atoms with Gasteiger partial charge in [-0.25, -0.2) is 15.0 Å². The third-order valence-electron chi connectivity index (χ3n) is 8.68. The van der Waals surface area contributed by atoms with E-state index in [2.05, 4.69) is 75.8 Å². The van der Waals surface area contributed by atoms with Crippen LogP contribution in [0.25, 0.3) is 22.2 Å². The number of ether oxygens (including phenoxy) is 1. The van der Waals surface area contributed by atoms with Crippen molar-refractivity contribution in [2.75, 3.05) is 25.0 Å². The van der Waals surface area contributed by atoms with Gasteiger partial charge in [0, 0.05) is 80.8 Å². The summed E-state index contributed by atoms with van der Waals surface area (Å²) in [5, 5.41) is 6.79. The van der Waals surface area contributed by atoms with Gasteiger partial charge in [0.05, 0.1) is 5.69 Å². The Morgan fingerprint density at radius 1 is 1.12 bits per heavy atom. The van der Waals surface area contributed by atoms with E-state index in [1.54, 1.807) is 12.4 Å². The van der Waals surface area contributed by atoms with Crippen LogP contribution in [0.1, 0.15) is 48.1 Å². The summed E-state index contributed by atoms with van der Waals surface area (Å²) in [7, 11) is -1.31. The topological polar surface area (TPSA) is 79.0 Å². The maximum atomic E-state index is 14.4. The van der Waals surface area contributed by atoms with Crippen LogP contribution >= 0.6 is 11.3 Å². The normalized spacial score (nSPS) is 17.9. The molecule has 0 amide bonds. The molecule has 48 heavy (non-hydrogen) atoms. The van der Waals surface area contributed by atoms with Gasteiger partial charge in [-0.1, -0.05) is 76.0 Å². The van der Waals surface area contributed by atoms with Crippen LogP contribution in [0.15, 0.2) is 72.5 Å². The second-order valence-corrected chi connectivity index (χ2v) is 21.3. The molecule has 2 aromatic carbocycles. The standard InChI is InChI=1S/C36H43F3N6OSSi/c1-35(2)18-26(22-45(23-35)21-24-9-7-6-8-10-24)43-34-42-20-29(36(37,38)39)31(44-34)28-19-41-30-17-25(11-12-27(28)30)32(33-40-13-15-47-33)46-14-16-48(3,4)5/h6-13,15,17,19-20,26,32,41H,14,16,18,21-23H2,1-5H3,(H,42,43,44). The van der Waals surface area contributed by atoms with Gasteiger partial charge >= 0.3 is 6.18 Å². The number of thiazole rings is 1. The van der Waals surface area contributed by atoms with Crippen LogP contribution in [-0.2, 0) is 17.5 Å². The lowest BCUT2D eigenvalue weighted by Crippen LogP contribution is -2.49. The predicted molar refractivity (Wildman–Crippen MR) is 190 cm³/mol. The molecule has 7 nitrogen and oxygen atoms in total. The fraction of sp³-hybridized carbons (Fsp3) is 0.417. The van der Waals surface area contributed by atoms with E-state index in [-0.39, 0.29) is 29.2 Å². The van der Waals surface area contributed by atoms with Crippen molar-refractivity contribution in [3.8, 4) is 11.3 Å². The molecule has 12 heteroatoms. The van der Waals surface area contributed by atoms with E-state index in [1.807, 2.05) is 41.8 Å². The van der Waals surface area contributed by atoms with Crippen LogP contribution in [-0.4, -0.2) is 58.6 Å². The maximum Gasteiger partial charge on any atom is 0.419 e. The number of hydrogen-bond acceptors (Lipinski definition) is 7. The van der Waals surface area contributed by atoms with Gasteiger partial charge in [-0.05, 0) is 35.1 Å². The number of halogens is 3. The van der Waals surface area contributed by atoms with E-state index in [0.29, 0.717) is 23.1 Å². The number of nitrogens with one attached hydrogen (secondary N) is 2. The molecule has 1 aliphatic heterocycles. The van der Waals surface area contributed by atoms with E-state index in [0.717, 1.165) is 48.9 Å². The molecular formula is C36H43F3N6OSSi. The number of rotatable bonds is 11. The van der Waals surface area contributed by atoms with Crippen LogP contribution in [0.5, 0.6) is 0 Å². The molecule has 6 rings (SSSR count). The first kappa shape index (κ1) is 34.3. The second kappa shape index (κ2) is 13.7. The van der Waals surface area contributed by atoms with Gasteiger partial charge in [-0.2, -0.15) is 13.2 Å². The highest BCUT2D eigenvalue weighted by molar-refractivity contribution is 7.09. The number of anilines is 1. The average molecular weight is 693 g/mol. The Kier molecular flexibility index (Phi) is 9.81. The molecule has 0 radical (unpaired) electrons. The van der Waals surface area contributed by atoms with Crippen molar-refractivity contribution in [1.82, 2.24) is 24.8 Å². The summed E-state index contributed by atoms with van der Waals surface area (Å²) in [5.41, 5.74) is 2.16. The maximum absolute atomic E-state index is 14.4.